The van der Waals surface area contributed by atoms with Crippen molar-refractivity contribution < 1.29 is 4.39 Å². The standard InChI is InChI=1S/C20H28BrFN4O/c1-4-7-18(25-9-6-8-24(3)10-11-25)19-23-17-13-16(22)15(21)12-14(17)20(27)26(19)5-2/h12-13,18H,4-11H2,1-3H3. The lowest BCUT2D eigenvalue weighted by atomic mass is 10.1. The summed E-state index contributed by atoms with van der Waals surface area (Å²) < 4.78 is 16.1. The molecule has 1 saturated heterocycles. The molecule has 27 heavy (non-hydrogen) atoms. The number of hydrogen-bond acceptors (Lipinski definition) is 4. The van der Waals surface area contributed by atoms with E-state index < -0.39 is 5.82 Å². The van der Waals surface area contributed by atoms with Gasteiger partial charge in [0.05, 0.1) is 21.4 Å². The predicted molar refractivity (Wildman–Crippen MR) is 111 cm³/mol. The van der Waals surface area contributed by atoms with Crippen LogP contribution in [0.1, 0.15) is 45.0 Å². The van der Waals surface area contributed by atoms with E-state index in [4.69, 9.17) is 4.98 Å². The van der Waals surface area contributed by atoms with Crippen LogP contribution in [0.25, 0.3) is 10.9 Å². The number of hydrogen-bond donors (Lipinski definition) is 0. The highest BCUT2D eigenvalue weighted by molar-refractivity contribution is 9.10. The summed E-state index contributed by atoms with van der Waals surface area (Å²) in [5.74, 6) is 0.376. The second-order valence-corrected chi connectivity index (χ2v) is 8.15. The normalized spacial score (nSPS) is 18.0. The van der Waals surface area contributed by atoms with Gasteiger partial charge in [-0.25, -0.2) is 9.37 Å². The molecular formula is C20H28BrFN4O. The Hall–Kier alpha value is -1.31. The van der Waals surface area contributed by atoms with Gasteiger partial charge in [0.25, 0.3) is 5.56 Å². The molecule has 1 aromatic carbocycles. The Labute approximate surface area is 168 Å². The van der Waals surface area contributed by atoms with Crippen LogP contribution in [0.3, 0.4) is 0 Å². The maximum absolute atomic E-state index is 14.1. The van der Waals surface area contributed by atoms with Crippen LogP contribution in [0, 0.1) is 5.82 Å². The Bertz CT molecular complexity index is 869. The second-order valence-electron chi connectivity index (χ2n) is 7.30. The molecule has 0 radical (unpaired) electrons. The highest BCUT2D eigenvalue weighted by atomic mass is 79.9. The molecule has 1 aromatic heterocycles. The van der Waals surface area contributed by atoms with E-state index in [9.17, 15) is 9.18 Å². The number of likely N-dealkylation sites (N-methyl/N-ethyl adjacent to an activating group) is 1. The first-order valence-electron chi connectivity index (χ1n) is 9.78. The monoisotopic (exact) mass is 438 g/mol. The van der Waals surface area contributed by atoms with E-state index in [0.29, 0.717) is 21.9 Å². The molecule has 0 N–H and O–H groups in total. The molecule has 0 bridgehead atoms. The van der Waals surface area contributed by atoms with Crippen molar-refractivity contribution in [2.75, 3.05) is 33.2 Å². The third-order valence-corrected chi connectivity index (χ3v) is 6.00. The van der Waals surface area contributed by atoms with E-state index in [-0.39, 0.29) is 11.6 Å². The van der Waals surface area contributed by atoms with Crippen LogP contribution in [0.15, 0.2) is 21.4 Å². The minimum atomic E-state index is -0.391. The molecule has 0 saturated carbocycles. The van der Waals surface area contributed by atoms with Gasteiger partial charge < -0.3 is 4.90 Å². The molecule has 1 atom stereocenters. The SMILES string of the molecule is CCCC(c1nc2cc(F)c(Br)cc2c(=O)n1CC)N1CCCN(C)CC1. The summed E-state index contributed by atoms with van der Waals surface area (Å²) in [6.07, 6.45) is 3.03. The van der Waals surface area contributed by atoms with Crippen molar-refractivity contribution in [1.29, 1.82) is 0 Å². The molecule has 0 aliphatic carbocycles. The van der Waals surface area contributed by atoms with E-state index in [2.05, 4.69) is 39.7 Å². The van der Waals surface area contributed by atoms with Crippen molar-refractivity contribution >= 4 is 26.8 Å². The van der Waals surface area contributed by atoms with E-state index in [1.807, 2.05) is 6.92 Å². The zero-order valence-electron chi connectivity index (χ0n) is 16.3. The lowest BCUT2D eigenvalue weighted by Crippen LogP contribution is -2.37. The van der Waals surface area contributed by atoms with Crippen LogP contribution in [0.2, 0.25) is 0 Å². The maximum atomic E-state index is 14.1. The Morgan fingerprint density at radius 2 is 2.00 bits per heavy atom. The highest BCUT2D eigenvalue weighted by Gasteiger charge is 2.26. The van der Waals surface area contributed by atoms with Gasteiger partial charge in [-0.1, -0.05) is 13.3 Å². The molecule has 3 rings (SSSR count). The van der Waals surface area contributed by atoms with Gasteiger partial charge in [0.1, 0.15) is 11.6 Å². The summed E-state index contributed by atoms with van der Waals surface area (Å²) in [6.45, 7) is 8.71. The average molecular weight is 439 g/mol. The topological polar surface area (TPSA) is 41.4 Å². The molecule has 5 nitrogen and oxygen atoms in total. The van der Waals surface area contributed by atoms with Crippen LogP contribution in [0.4, 0.5) is 4.39 Å². The average Bonchev–Trinajstić information content (AvgIpc) is 2.86. The van der Waals surface area contributed by atoms with E-state index in [1.165, 1.54) is 6.07 Å². The van der Waals surface area contributed by atoms with Crippen LogP contribution < -0.4 is 5.56 Å². The predicted octanol–water partition coefficient (Wildman–Crippen LogP) is 3.80. The van der Waals surface area contributed by atoms with Gasteiger partial charge in [0.15, 0.2) is 0 Å². The van der Waals surface area contributed by atoms with Gasteiger partial charge in [-0.15, -0.1) is 0 Å². The summed E-state index contributed by atoms with van der Waals surface area (Å²) in [7, 11) is 2.15. The zero-order valence-corrected chi connectivity index (χ0v) is 17.9. The molecule has 148 valence electrons. The Kier molecular flexibility index (Phi) is 6.65. The minimum Gasteiger partial charge on any atom is -0.305 e. The van der Waals surface area contributed by atoms with Gasteiger partial charge in [-0.2, -0.15) is 0 Å². The van der Waals surface area contributed by atoms with Gasteiger partial charge >= 0.3 is 0 Å². The Balaban J connectivity index is 2.13. The molecule has 1 aliphatic heterocycles. The largest absolute Gasteiger partial charge is 0.305 e. The lowest BCUT2D eigenvalue weighted by molar-refractivity contribution is 0.180. The third kappa shape index (κ3) is 4.25. The second kappa shape index (κ2) is 8.80. The first-order valence-corrected chi connectivity index (χ1v) is 10.6. The molecular weight excluding hydrogens is 411 g/mol. The van der Waals surface area contributed by atoms with Gasteiger partial charge in [-0.05, 0) is 55.4 Å². The number of nitrogens with zero attached hydrogens (tertiary/aromatic N) is 4. The summed E-state index contributed by atoms with van der Waals surface area (Å²) >= 11 is 3.18. The first-order chi connectivity index (χ1) is 13.0. The van der Waals surface area contributed by atoms with Crippen LogP contribution in [-0.2, 0) is 6.54 Å². The molecule has 7 heteroatoms. The molecule has 0 spiro atoms. The van der Waals surface area contributed by atoms with E-state index in [0.717, 1.165) is 51.3 Å². The maximum Gasteiger partial charge on any atom is 0.261 e. The quantitative estimate of drug-likeness (QED) is 0.711. The zero-order chi connectivity index (χ0) is 19.6. The fourth-order valence-corrected chi connectivity index (χ4v) is 4.26. The van der Waals surface area contributed by atoms with E-state index >= 15 is 0 Å². The lowest BCUT2D eigenvalue weighted by Gasteiger charge is -2.31. The molecule has 0 amide bonds. The summed E-state index contributed by atoms with van der Waals surface area (Å²) in [5.41, 5.74) is 0.347. The molecule has 2 heterocycles. The summed E-state index contributed by atoms with van der Waals surface area (Å²) in [5, 5.41) is 0.458. The minimum absolute atomic E-state index is 0.0743. The number of rotatable bonds is 5. The molecule has 1 aliphatic rings. The third-order valence-electron chi connectivity index (χ3n) is 5.40. The van der Waals surface area contributed by atoms with Crippen molar-refractivity contribution in [3.63, 3.8) is 0 Å². The number of benzene rings is 1. The van der Waals surface area contributed by atoms with Gasteiger partial charge in [0, 0.05) is 32.2 Å². The van der Waals surface area contributed by atoms with Crippen molar-refractivity contribution in [2.24, 2.45) is 0 Å². The summed E-state index contributed by atoms with van der Waals surface area (Å²) in [6, 6.07) is 2.99. The number of aromatic nitrogens is 2. The fourth-order valence-electron chi connectivity index (χ4n) is 3.92. The molecule has 1 unspecified atom stereocenters. The number of fused-ring (bicyclic) bond motifs is 1. The highest BCUT2D eigenvalue weighted by Crippen LogP contribution is 2.27. The van der Waals surface area contributed by atoms with Crippen molar-refractivity contribution in [3.05, 3.63) is 38.6 Å². The molecule has 2 aromatic rings. The van der Waals surface area contributed by atoms with Crippen LogP contribution in [0.5, 0.6) is 0 Å². The molecule has 1 fully saturated rings. The van der Waals surface area contributed by atoms with Crippen molar-refractivity contribution in [3.8, 4) is 0 Å². The van der Waals surface area contributed by atoms with Gasteiger partial charge in [-0.3, -0.25) is 14.3 Å². The fraction of sp³-hybridized carbons (Fsp3) is 0.600. The van der Waals surface area contributed by atoms with Crippen molar-refractivity contribution in [1.82, 2.24) is 19.4 Å². The van der Waals surface area contributed by atoms with Gasteiger partial charge in [0.2, 0.25) is 0 Å². The number of halogens is 2. The Morgan fingerprint density at radius 3 is 2.70 bits per heavy atom. The Morgan fingerprint density at radius 1 is 1.22 bits per heavy atom. The smallest absolute Gasteiger partial charge is 0.261 e. The van der Waals surface area contributed by atoms with E-state index in [1.54, 1.807) is 10.6 Å². The van der Waals surface area contributed by atoms with Crippen LogP contribution in [-0.4, -0.2) is 52.6 Å². The van der Waals surface area contributed by atoms with Crippen molar-refractivity contribution in [2.45, 2.75) is 45.7 Å². The first kappa shape index (κ1) is 20.4. The summed E-state index contributed by atoms with van der Waals surface area (Å²) in [4.78, 5) is 22.7. The van der Waals surface area contributed by atoms with Crippen LogP contribution >= 0.6 is 15.9 Å².